The highest BCUT2D eigenvalue weighted by Gasteiger charge is 2.14. The zero-order chi connectivity index (χ0) is 13.4. The summed E-state index contributed by atoms with van der Waals surface area (Å²) in [6.07, 6.45) is 3.40. The fourth-order valence-electron chi connectivity index (χ4n) is 1.35. The second-order valence-electron chi connectivity index (χ2n) is 3.65. The molecule has 1 rings (SSSR count). The van der Waals surface area contributed by atoms with E-state index in [1.165, 1.54) is 17.3 Å². The summed E-state index contributed by atoms with van der Waals surface area (Å²) < 4.78 is 0. The number of likely N-dealkylation sites (N-methyl/N-ethyl adjacent to an activating group) is 1. The van der Waals surface area contributed by atoms with Gasteiger partial charge in [0.15, 0.2) is 0 Å². The predicted octanol–water partition coefficient (Wildman–Crippen LogP) is -0.120. The van der Waals surface area contributed by atoms with Gasteiger partial charge in [0.1, 0.15) is 0 Å². The quantitative estimate of drug-likeness (QED) is 0.729. The summed E-state index contributed by atoms with van der Waals surface area (Å²) in [5, 5.41) is 17.5. The molecule has 0 aliphatic rings. The predicted molar refractivity (Wildman–Crippen MR) is 66.9 cm³/mol. The average Bonchev–Trinajstić information content (AvgIpc) is 2.39. The molecule has 0 fully saturated rings. The van der Waals surface area contributed by atoms with Crippen molar-refractivity contribution in [2.24, 2.45) is 0 Å². The van der Waals surface area contributed by atoms with E-state index < -0.39 is 0 Å². The molecule has 0 bridgehead atoms. The standard InChI is InChI=1S/C13H16N2O3/c1-15(7-9-17)13(18)12-5-6-14-10-11(12)4-2-3-8-16/h5-6,10,16-17H,3,7-9H2,1H3. The molecule has 2 N–H and O–H groups in total. The van der Waals surface area contributed by atoms with Crippen molar-refractivity contribution >= 4 is 5.91 Å². The fourth-order valence-corrected chi connectivity index (χ4v) is 1.35. The molecule has 0 radical (unpaired) electrons. The van der Waals surface area contributed by atoms with Crippen LogP contribution in [-0.2, 0) is 0 Å². The molecule has 96 valence electrons. The largest absolute Gasteiger partial charge is 0.395 e. The first-order chi connectivity index (χ1) is 8.70. The highest BCUT2D eigenvalue weighted by molar-refractivity contribution is 5.96. The van der Waals surface area contributed by atoms with Crippen molar-refractivity contribution in [2.75, 3.05) is 26.8 Å². The third-order valence-electron chi connectivity index (χ3n) is 2.29. The first kappa shape index (κ1) is 14.2. The van der Waals surface area contributed by atoms with Crippen molar-refractivity contribution < 1.29 is 15.0 Å². The molecule has 0 aromatic carbocycles. The number of amides is 1. The minimum absolute atomic E-state index is 0.0129. The van der Waals surface area contributed by atoms with Crippen molar-refractivity contribution in [2.45, 2.75) is 6.42 Å². The van der Waals surface area contributed by atoms with Crippen LogP contribution >= 0.6 is 0 Å². The second-order valence-corrected chi connectivity index (χ2v) is 3.65. The lowest BCUT2D eigenvalue weighted by Crippen LogP contribution is -2.30. The Hall–Kier alpha value is -1.90. The third-order valence-corrected chi connectivity index (χ3v) is 2.29. The van der Waals surface area contributed by atoms with Crippen molar-refractivity contribution in [3.8, 4) is 11.8 Å². The summed E-state index contributed by atoms with van der Waals surface area (Å²) in [4.78, 5) is 17.4. The van der Waals surface area contributed by atoms with Gasteiger partial charge in [-0.2, -0.15) is 0 Å². The second kappa shape index (κ2) is 7.43. The average molecular weight is 248 g/mol. The molecule has 5 nitrogen and oxygen atoms in total. The van der Waals surface area contributed by atoms with E-state index in [2.05, 4.69) is 16.8 Å². The first-order valence-corrected chi connectivity index (χ1v) is 5.60. The van der Waals surface area contributed by atoms with Gasteiger partial charge in [-0.1, -0.05) is 11.8 Å². The maximum atomic E-state index is 12.1. The number of aliphatic hydroxyl groups is 2. The third kappa shape index (κ3) is 3.84. The van der Waals surface area contributed by atoms with E-state index in [0.717, 1.165) is 0 Å². The minimum atomic E-state index is -0.209. The molecule has 1 aromatic rings. The molecule has 0 saturated heterocycles. The first-order valence-electron chi connectivity index (χ1n) is 5.60. The fraction of sp³-hybridized carbons (Fsp3) is 0.385. The van der Waals surface area contributed by atoms with Crippen molar-refractivity contribution in [1.29, 1.82) is 0 Å². The van der Waals surface area contributed by atoms with Gasteiger partial charge in [0.25, 0.3) is 5.91 Å². The van der Waals surface area contributed by atoms with Crippen LogP contribution in [0.3, 0.4) is 0 Å². The Labute approximate surface area is 106 Å². The molecule has 1 aromatic heterocycles. The molecular formula is C13H16N2O3. The summed E-state index contributed by atoms with van der Waals surface area (Å²) in [6.45, 7) is 0.171. The van der Waals surface area contributed by atoms with Crippen LogP contribution in [-0.4, -0.2) is 52.8 Å². The molecule has 0 saturated carbocycles. The highest BCUT2D eigenvalue weighted by atomic mass is 16.3. The van der Waals surface area contributed by atoms with E-state index >= 15 is 0 Å². The Morgan fingerprint density at radius 3 is 2.89 bits per heavy atom. The van der Waals surface area contributed by atoms with Crippen molar-refractivity contribution in [1.82, 2.24) is 9.88 Å². The van der Waals surface area contributed by atoms with Crippen LogP contribution in [0.15, 0.2) is 18.5 Å². The summed E-state index contributed by atoms with van der Waals surface area (Å²) >= 11 is 0. The highest BCUT2D eigenvalue weighted by Crippen LogP contribution is 2.08. The molecule has 0 atom stereocenters. The smallest absolute Gasteiger partial charge is 0.255 e. The van der Waals surface area contributed by atoms with E-state index in [0.29, 0.717) is 17.5 Å². The number of aromatic nitrogens is 1. The van der Waals surface area contributed by atoms with Crippen molar-refractivity contribution in [3.63, 3.8) is 0 Å². The Bertz CT molecular complexity index is 463. The van der Waals surface area contributed by atoms with Crippen LogP contribution in [0, 0.1) is 11.8 Å². The maximum absolute atomic E-state index is 12.1. The maximum Gasteiger partial charge on any atom is 0.255 e. The number of pyridine rings is 1. The van der Waals surface area contributed by atoms with Crippen molar-refractivity contribution in [3.05, 3.63) is 29.6 Å². The van der Waals surface area contributed by atoms with Crippen LogP contribution in [0.4, 0.5) is 0 Å². The zero-order valence-electron chi connectivity index (χ0n) is 10.3. The summed E-state index contributed by atoms with van der Waals surface area (Å²) in [5.74, 6) is 5.36. The minimum Gasteiger partial charge on any atom is -0.395 e. The Kier molecular flexibility index (Phi) is 5.85. The number of rotatable bonds is 4. The molecule has 1 heterocycles. The van der Waals surface area contributed by atoms with Gasteiger partial charge < -0.3 is 15.1 Å². The van der Waals surface area contributed by atoms with E-state index in [4.69, 9.17) is 10.2 Å². The zero-order valence-corrected chi connectivity index (χ0v) is 10.3. The molecular weight excluding hydrogens is 232 g/mol. The molecule has 0 spiro atoms. The number of carbonyl (C=O) groups is 1. The molecule has 1 amide bonds. The summed E-state index contributed by atoms with van der Waals surface area (Å²) in [5.41, 5.74) is 0.979. The van der Waals surface area contributed by atoms with Crippen LogP contribution in [0.25, 0.3) is 0 Å². The number of carbonyl (C=O) groups excluding carboxylic acids is 1. The van der Waals surface area contributed by atoms with Gasteiger partial charge in [-0.3, -0.25) is 9.78 Å². The van der Waals surface area contributed by atoms with Crippen LogP contribution in [0.1, 0.15) is 22.3 Å². The SMILES string of the molecule is CN(CCO)C(=O)c1ccncc1C#CCCO. The Morgan fingerprint density at radius 1 is 1.44 bits per heavy atom. The van der Waals surface area contributed by atoms with Gasteiger partial charge >= 0.3 is 0 Å². The normalized spacial score (nSPS) is 9.50. The van der Waals surface area contributed by atoms with Gasteiger partial charge in [-0.15, -0.1) is 0 Å². The Morgan fingerprint density at radius 2 is 2.22 bits per heavy atom. The number of nitrogens with zero attached hydrogens (tertiary/aromatic N) is 2. The molecule has 5 heteroatoms. The van der Waals surface area contributed by atoms with E-state index in [1.807, 2.05) is 0 Å². The number of aliphatic hydroxyl groups excluding tert-OH is 2. The van der Waals surface area contributed by atoms with E-state index in [1.54, 1.807) is 13.1 Å². The van der Waals surface area contributed by atoms with E-state index in [9.17, 15) is 4.79 Å². The summed E-state index contributed by atoms with van der Waals surface area (Å²) in [6, 6.07) is 1.60. The van der Waals surface area contributed by atoms with Crippen LogP contribution in [0.2, 0.25) is 0 Å². The molecule has 0 unspecified atom stereocenters. The van der Waals surface area contributed by atoms with Crippen LogP contribution < -0.4 is 0 Å². The summed E-state index contributed by atoms with van der Waals surface area (Å²) in [7, 11) is 1.61. The lowest BCUT2D eigenvalue weighted by Gasteiger charge is -2.16. The van der Waals surface area contributed by atoms with Gasteiger partial charge in [-0.25, -0.2) is 0 Å². The number of hydrogen-bond donors (Lipinski definition) is 2. The van der Waals surface area contributed by atoms with Gasteiger partial charge in [0.2, 0.25) is 0 Å². The lowest BCUT2D eigenvalue weighted by molar-refractivity contribution is 0.0766. The Balaban J connectivity index is 2.95. The molecule has 18 heavy (non-hydrogen) atoms. The van der Waals surface area contributed by atoms with E-state index in [-0.39, 0.29) is 25.7 Å². The lowest BCUT2D eigenvalue weighted by atomic mass is 10.1. The molecule has 0 aliphatic heterocycles. The molecule has 0 aliphatic carbocycles. The van der Waals surface area contributed by atoms with Crippen LogP contribution in [0.5, 0.6) is 0 Å². The topological polar surface area (TPSA) is 73.7 Å². The number of hydrogen-bond acceptors (Lipinski definition) is 4. The monoisotopic (exact) mass is 248 g/mol. The van der Waals surface area contributed by atoms with Gasteiger partial charge in [-0.05, 0) is 6.07 Å². The van der Waals surface area contributed by atoms with Gasteiger partial charge in [0.05, 0.1) is 24.3 Å². The van der Waals surface area contributed by atoms with Gasteiger partial charge in [0, 0.05) is 32.4 Å².